The Balaban J connectivity index is 1.86. The highest BCUT2D eigenvalue weighted by atomic mass is 32.1. The normalized spacial score (nSPS) is 20.2. The summed E-state index contributed by atoms with van der Waals surface area (Å²) in [6, 6.07) is 4.75. The fourth-order valence-corrected chi connectivity index (χ4v) is 4.11. The molecular formula is C16H28N2OS. The van der Waals surface area contributed by atoms with Gasteiger partial charge in [-0.2, -0.15) is 0 Å². The number of aliphatic hydroxyl groups is 1. The van der Waals surface area contributed by atoms with Gasteiger partial charge in [-0.25, -0.2) is 0 Å². The summed E-state index contributed by atoms with van der Waals surface area (Å²) in [6.07, 6.45) is 6.20. The number of nitrogens with one attached hydrogen (secondary N) is 1. The largest absolute Gasteiger partial charge is 0.396 e. The molecule has 0 amide bonds. The maximum Gasteiger partial charge on any atom is 0.0561 e. The average Bonchev–Trinajstić information content (AvgIpc) is 2.98. The van der Waals surface area contributed by atoms with Gasteiger partial charge in [-0.15, -0.1) is 11.3 Å². The Morgan fingerprint density at radius 1 is 1.35 bits per heavy atom. The summed E-state index contributed by atoms with van der Waals surface area (Å²) in [7, 11) is 4.27. The number of rotatable bonds is 7. The predicted octanol–water partition coefficient (Wildman–Crippen LogP) is 2.88. The molecule has 1 unspecified atom stereocenters. The smallest absolute Gasteiger partial charge is 0.0561 e. The summed E-state index contributed by atoms with van der Waals surface area (Å²) in [6.45, 7) is 2.22. The molecule has 0 aliphatic heterocycles. The Kier molecular flexibility index (Phi) is 6.02. The van der Waals surface area contributed by atoms with E-state index in [0.717, 1.165) is 13.1 Å². The topological polar surface area (TPSA) is 35.5 Å². The predicted molar refractivity (Wildman–Crippen MR) is 86.2 cm³/mol. The van der Waals surface area contributed by atoms with Crippen LogP contribution >= 0.6 is 11.3 Å². The number of thiophene rings is 1. The van der Waals surface area contributed by atoms with Gasteiger partial charge in [-0.05, 0) is 38.4 Å². The minimum Gasteiger partial charge on any atom is -0.396 e. The fraction of sp³-hybridized carbons (Fsp3) is 0.750. The van der Waals surface area contributed by atoms with Crippen LogP contribution in [0.2, 0.25) is 0 Å². The third kappa shape index (κ3) is 4.04. The van der Waals surface area contributed by atoms with Gasteiger partial charge >= 0.3 is 0 Å². The van der Waals surface area contributed by atoms with Crippen molar-refractivity contribution in [3.63, 3.8) is 0 Å². The quantitative estimate of drug-likeness (QED) is 0.812. The molecule has 1 saturated carbocycles. The molecule has 1 aromatic heterocycles. The molecule has 20 heavy (non-hydrogen) atoms. The van der Waals surface area contributed by atoms with Crippen molar-refractivity contribution in [3.05, 3.63) is 22.4 Å². The molecule has 114 valence electrons. The van der Waals surface area contributed by atoms with Crippen molar-refractivity contribution in [2.45, 2.75) is 38.1 Å². The Morgan fingerprint density at radius 3 is 2.65 bits per heavy atom. The van der Waals surface area contributed by atoms with Crippen LogP contribution in [0.25, 0.3) is 0 Å². The van der Waals surface area contributed by atoms with Crippen LogP contribution < -0.4 is 5.32 Å². The Morgan fingerprint density at radius 2 is 2.10 bits per heavy atom. The molecule has 1 heterocycles. The molecule has 0 spiro atoms. The molecule has 1 aromatic rings. The van der Waals surface area contributed by atoms with Crippen LogP contribution in [-0.4, -0.2) is 43.8 Å². The van der Waals surface area contributed by atoms with Crippen LogP contribution in [-0.2, 0) is 0 Å². The number of nitrogens with zero attached hydrogens (tertiary/aromatic N) is 1. The molecule has 0 aromatic carbocycles. The summed E-state index contributed by atoms with van der Waals surface area (Å²) in [5.41, 5.74) is 0.130. The van der Waals surface area contributed by atoms with Crippen LogP contribution in [0, 0.1) is 5.41 Å². The third-order valence-corrected chi connectivity index (χ3v) is 5.56. The highest BCUT2D eigenvalue weighted by molar-refractivity contribution is 7.10. The zero-order chi connectivity index (χ0) is 14.4. The van der Waals surface area contributed by atoms with Crippen molar-refractivity contribution in [3.8, 4) is 0 Å². The number of likely N-dealkylation sites (N-methyl/N-ethyl adjacent to an activating group) is 1. The minimum atomic E-state index is 0.130. The van der Waals surface area contributed by atoms with Gasteiger partial charge < -0.3 is 15.3 Å². The number of hydrogen-bond acceptors (Lipinski definition) is 4. The van der Waals surface area contributed by atoms with Crippen molar-refractivity contribution in [1.82, 2.24) is 10.2 Å². The summed E-state index contributed by atoms with van der Waals surface area (Å²) >= 11 is 1.82. The van der Waals surface area contributed by atoms with Gasteiger partial charge in [0.15, 0.2) is 0 Å². The van der Waals surface area contributed by atoms with Crippen LogP contribution in [0.3, 0.4) is 0 Å². The van der Waals surface area contributed by atoms with Gasteiger partial charge in [0.1, 0.15) is 0 Å². The van der Waals surface area contributed by atoms with E-state index in [-0.39, 0.29) is 5.41 Å². The van der Waals surface area contributed by atoms with Crippen LogP contribution in [0.1, 0.15) is 43.0 Å². The van der Waals surface area contributed by atoms with E-state index in [1.165, 1.54) is 37.0 Å². The second-order valence-corrected chi connectivity index (χ2v) is 7.32. The van der Waals surface area contributed by atoms with Gasteiger partial charge in [-0.3, -0.25) is 0 Å². The Hall–Kier alpha value is -0.420. The molecule has 0 saturated heterocycles. The second-order valence-electron chi connectivity index (χ2n) is 6.34. The summed E-state index contributed by atoms with van der Waals surface area (Å²) < 4.78 is 0. The first-order chi connectivity index (χ1) is 9.67. The lowest BCUT2D eigenvalue weighted by molar-refractivity contribution is 0.0795. The maximum absolute atomic E-state index is 9.75. The lowest BCUT2D eigenvalue weighted by atomic mass is 9.74. The highest BCUT2D eigenvalue weighted by Crippen LogP contribution is 2.35. The van der Waals surface area contributed by atoms with E-state index in [0.29, 0.717) is 12.6 Å². The molecule has 0 bridgehead atoms. The van der Waals surface area contributed by atoms with Crippen molar-refractivity contribution in [1.29, 1.82) is 0 Å². The van der Waals surface area contributed by atoms with E-state index >= 15 is 0 Å². The van der Waals surface area contributed by atoms with Gasteiger partial charge in [0.05, 0.1) is 6.04 Å². The van der Waals surface area contributed by atoms with Gasteiger partial charge in [-0.1, -0.05) is 25.3 Å². The maximum atomic E-state index is 9.75. The fourth-order valence-electron chi connectivity index (χ4n) is 3.19. The monoisotopic (exact) mass is 296 g/mol. The average molecular weight is 296 g/mol. The van der Waals surface area contributed by atoms with E-state index in [4.69, 9.17) is 0 Å². The van der Waals surface area contributed by atoms with Crippen LogP contribution in [0.5, 0.6) is 0 Å². The van der Waals surface area contributed by atoms with Crippen molar-refractivity contribution in [2.24, 2.45) is 5.41 Å². The summed E-state index contributed by atoms with van der Waals surface area (Å²) in [4.78, 5) is 3.68. The van der Waals surface area contributed by atoms with E-state index in [9.17, 15) is 5.11 Å². The molecule has 0 radical (unpaired) electrons. The van der Waals surface area contributed by atoms with E-state index in [1.54, 1.807) is 0 Å². The molecule has 3 nitrogen and oxygen atoms in total. The molecule has 1 atom stereocenters. The van der Waals surface area contributed by atoms with E-state index in [2.05, 4.69) is 41.8 Å². The first-order valence-corrected chi connectivity index (χ1v) is 8.56. The summed E-state index contributed by atoms with van der Waals surface area (Å²) in [5.74, 6) is 0. The highest BCUT2D eigenvalue weighted by Gasteiger charge is 2.31. The number of hydrogen-bond donors (Lipinski definition) is 2. The minimum absolute atomic E-state index is 0.130. The van der Waals surface area contributed by atoms with Crippen molar-refractivity contribution < 1.29 is 5.11 Å². The standard InChI is InChI=1S/C16H28N2OS/c1-18(2)14(15-7-6-10-20-15)11-17-12-16(13-19)8-4-3-5-9-16/h6-7,10,14,17,19H,3-5,8-9,11-13H2,1-2H3. The molecule has 1 fully saturated rings. The summed E-state index contributed by atoms with van der Waals surface area (Å²) in [5, 5.41) is 15.5. The molecule has 2 rings (SSSR count). The second kappa shape index (κ2) is 7.55. The van der Waals surface area contributed by atoms with Gasteiger partial charge in [0, 0.05) is 30.0 Å². The molecule has 2 N–H and O–H groups in total. The van der Waals surface area contributed by atoms with Crippen LogP contribution in [0.15, 0.2) is 17.5 Å². The third-order valence-electron chi connectivity index (χ3n) is 4.58. The van der Waals surface area contributed by atoms with Crippen LogP contribution in [0.4, 0.5) is 0 Å². The lowest BCUT2D eigenvalue weighted by Crippen LogP contribution is -2.41. The zero-order valence-corrected chi connectivity index (χ0v) is 13.6. The van der Waals surface area contributed by atoms with Gasteiger partial charge in [0.2, 0.25) is 0 Å². The Bertz CT molecular complexity index is 372. The van der Waals surface area contributed by atoms with Crippen molar-refractivity contribution >= 4 is 11.3 Å². The van der Waals surface area contributed by atoms with Crippen molar-refractivity contribution in [2.75, 3.05) is 33.8 Å². The first kappa shape index (κ1) is 16.0. The number of aliphatic hydroxyl groups excluding tert-OH is 1. The molecule has 4 heteroatoms. The van der Waals surface area contributed by atoms with Gasteiger partial charge in [0.25, 0.3) is 0 Å². The zero-order valence-electron chi connectivity index (χ0n) is 12.8. The van der Waals surface area contributed by atoms with E-state index < -0.39 is 0 Å². The first-order valence-electron chi connectivity index (χ1n) is 7.68. The molecular weight excluding hydrogens is 268 g/mol. The molecule has 1 aliphatic rings. The molecule has 1 aliphatic carbocycles. The lowest BCUT2D eigenvalue weighted by Gasteiger charge is -2.36. The SMILES string of the molecule is CN(C)C(CNCC1(CO)CCCCC1)c1cccs1. The Labute approximate surface area is 127 Å². The van der Waals surface area contributed by atoms with E-state index in [1.807, 2.05) is 11.3 Å².